The molecule has 0 aliphatic rings. The Bertz CT molecular complexity index is 831. The first-order valence-corrected chi connectivity index (χ1v) is 9.37. The average molecular weight is 398 g/mol. The molecule has 1 atom stereocenters. The van der Waals surface area contributed by atoms with E-state index < -0.39 is 5.97 Å². The van der Waals surface area contributed by atoms with Crippen LogP contribution in [0.2, 0.25) is 0 Å². The molecule has 2 amide bonds. The monoisotopic (exact) mass is 398 g/mol. The van der Waals surface area contributed by atoms with E-state index in [9.17, 15) is 14.4 Å². The molecule has 0 aromatic heterocycles. The molecular formula is C22H26N2O5. The number of aliphatic carboxylic acids is 1. The minimum Gasteiger partial charge on any atom is -0.482 e. The van der Waals surface area contributed by atoms with E-state index in [1.54, 1.807) is 12.1 Å². The second-order valence-electron chi connectivity index (χ2n) is 6.79. The highest BCUT2D eigenvalue weighted by Crippen LogP contribution is 2.18. The van der Waals surface area contributed by atoms with Gasteiger partial charge in [-0.25, -0.2) is 4.79 Å². The SMILES string of the molecule is CC(=O)NC(CC(=O)NCCc1ccc(OCC(=O)O)cc1)c1ccc(C)cc1. The number of hydrogen-bond donors (Lipinski definition) is 3. The summed E-state index contributed by atoms with van der Waals surface area (Å²) in [5, 5.41) is 14.3. The fourth-order valence-electron chi connectivity index (χ4n) is 2.80. The first-order valence-electron chi connectivity index (χ1n) is 9.37. The lowest BCUT2D eigenvalue weighted by atomic mass is 10.0. The molecule has 2 rings (SSSR count). The molecule has 0 aliphatic carbocycles. The van der Waals surface area contributed by atoms with Crippen molar-refractivity contribution in [2.45, 2.75) is 32.7 Å². The molecule has 154 valence electrons. The summed E-state index contributed by atoms with van der Waals surface area (Å²) in [6.07, 6.45) is 0.783. The van der Waals surface area contributed by atoms with Crippen molar-refractivity contribution < 1.29 is 24.2 Å². The lowest BCUT2D eigenvalue weighted by Crippen LogP contribution is -2.33. The predicted octanol–water partition coefficient (Wildman–Crippen LogP) is 2.38. The number of carbonyl (C=O) groups is 3. The molecule has 0 saturated carbocycles. The Morgan fingerprint density at radius 2 is 1.69 bits per heavy atom. The fraction of sp³-hybridized carbons (Fsp3) is 0.318. The molecule has 3 N–H and O–H groups in total. The van der Waals surface area contributed by atoms with E-state index in [1.807, 2.05) is 43.3 Å². The molecule has 29 heavy (non-hydrogen) atoms. The van der Waals surface area contributed by atoms with Gasteiger partial charge in [-0.1, -0.05) is 42.0 Å². The summed E-state index contributed by atoms with van der Waals surface area (Å²) >= 11 is 0. The number of carboxylic acids is 1. The largest absolute Gasteiger partial charge is 0.482 e. The molecular weight excluding hydrogens is 372 g/mol. The van der Waals surface area contributed by atoms with Gasteiger partial charge >= 0.3 is 5.97 Å². The first kappa shape index (κ1) is 21.9. The maximum Gasteiger partial charge on any atom is 0.341 e. The van der Waals surface area contributed by atoms with Gasteiger partial charge in [0.1, 0.15) is 5.75 Å². The molecule has 7 nitrogen and oxygen atoms in total. The Morgan fingerprint density at radius 3 is 2.28 bits per heavy atom. The second-order valence-corrected chi connectivity index (χ2v) is 6.79. The van der Waals surface area contributed by atoms with E-state index in [0.717, 1.165) is 16.7 Å². The number of aryl methyl sites for hydroxylation is 1. The van der Waals surface area contributed by atoms with Crippen molar-refractivity contribution in [3.8, 4) is 5.75 Å². The molecule has 2 aromatic carbocycles. The zero-order valence-corrected chi connectivity index (χ0v) is 16.6. The number of benzene rings is 2. The third-order valence-electron chi connectivity index (χ3n) is 4.27. The lowest BCUT2D eigenvalue weighted by Gasteiger charge is -2.18. The standard InChI is InChI=1S/C22H26N2O5/c1-15-3-7-18(8-4-15)20(24-16(2)25)13-21(26)23-12-11-17-5-9-19(10-6-17)29-14-22(27)28/h3-10,20H,11-14H2,1-2H3,(H,23,26)(H,24,25)(H,27,28). The van der Waals surface area contributed by atoms with E-state index >= 15 is 0 Å². The van der Waals surface area contributed by atoms with Crippen LogP contribution in [0.1, 0.15) is 36.1 Å². The molecule has 0 aliphatic heterocycles. The highest BCUT2D eigenvalue weighted by atomic mass is 16.5. The normalized spacial score (nSPS) is 11.4. The van der Waals surface area contributed by atoms with Crippen LogP contribution in [-0.2, 0) is 20.8 Å². The van der Waals surface area contributed by atoms with Crippen LogP contribution >= 0.6 is 0 Å². The number of ether oxygens (including phenoxy) is 1. The van der Waals surface area contributed by atoms with Crippen molar-refractivity contribution in [1.82, 2.24) is 10.6 Å². The molecule has 0 spiro atoms. The first-order chi connectivity index (χ1) is 13.8. The van der Waals surface area contributed by atoms with Gasteiger partial charge in [-0.2, -0.15) is 0 Å². The van der Waals surface area contributed by atoms with Gasteiger partial charge in [0, 0.05) is 13.5 Å². The van der Waals surface area contributed by atoms with E-state index in [1.165, 1.54) is 6.92 Å². The Hall–Kier alpha value is -3.35. The number of rotatable bonds is 10. The minimum absolute atomic E-state index is 0.147. The topological polar surface area (TPSA) is 105 Å². The summed E-state index contributed by atoms with van der Waals surface area (Å²) in [5.74, 6) is -0.879. The van der Waals surface area contributed by atoms with Crippen molar-refractivity contribution in [3.05, 3.63) is 65.2 Å². The summed E-state index contributed by atoms with van der Waals surface area (Å²) in [6.45, 7) is 3.48. The molecule has 0 bridgehead atoms. The highest BCUT2D eigenvalue weighted by Gasteiger charge is 2.16. The van der Waals surface area contributed by atoms with E-state index in [0.29, 0.717) is 18.7 Å². The molecule has 2 aromatic rings. The van der Waals surface area contributed by atoms with E-state index in [2.05, 4.69) is 10.6 Å². The van der Waals surface area contributed by atoms with Gasteiger partial charge < -0.3 is 20.5 Å². The van der Waals surface area contributed by atoms with Crippen LogP contribution in [0.15, 0.2) is 48.5 Å². The van der Waals surface area contributed by atoms with Crippen LogP contribution in [0.5, 0.6) is 5.75 Å². The van der Waals surface area contributed by atoms with Gasteiger partial charge in [0.2, 0.25) is 11.8 Å². The van der Waals surface area contributed by atoms with Gasteiger partial charge in [0.05, 0.1) is 12.5 Å². The van der Waals surface area contributed by atoms with Crippen molar-refractivity contribution in [2.24, 2.45) is 0 Å². The minimum atomic E-state index is -1.03. The Kier molecular flexibility index (Phi) is 8.21. The fourth-order valence-corrected chi connectivity index (χ4v) is 2.80. The van der Waals surface area contributed by atoms with Crippen molar-refractivity contribution >= 4 is 17.8 Å². The molecule has 7 heteroatoms. The van der Waals surface area contributed by atoms with Gasteiger partial charge in [-0.05, 0) is 36.6 Å². The lowest BCUT2D eigenvalue weighted by molar-refractivity contribution is -0.139. The van der Waals surface area contributed by atoms with Crippen LogP contribution in [0.3, 0.4) is 0 Å². The summed E-state index contributed by atoms with van der Waals surface area (Å²) in [4.78, 5) is 34.3. The smallest absolute Gasteiger partial charge is 0.341 e. The zero-order chi connectivity index (χ0) is 21.2. The second kappa shape index (κ2) is 10.8. The van der Waals surface area contributed by atoms with Crippen LogP contribution in [0, 0.1) is 6.92 Å². The molecule has 0 heterocycles. The van der Waals surface area contributed by atoms with Gasteiger partial charge in [0.25, 0.3) is 0 Å². The summed E-state index contributed by atoms with van der Waals surface area (Å²) in [5.41, 5.74) is 2.99. The van der Waals surface area contributed by atoms with Crippen LogP contribution < -0.4 is 15.4 Å². The highest BCUT2D eigenvalue weighted by molar-refractivity contribution is 5.79. The maximum atomic E-state index is 12.3. The molecule has 0 radical (unpaired) electrons. The Labute approximate surface area is 170 Å². The number of hydrogen-bond acceptors (Lipinski definition) is 4. The van der Waals surface area contributed by atoms with Crippen molar-refractivity contribution in [1.29, 1.82) is 0 Å². The van der Waals surface area contributed by atoms with Gasteiger partial charge in [0.15, 0.2) is 6.61 Å². The third kappa shape index (κ3) is 8.04. The number of amides is 2. The van der Waals surface area contributed by atoms with Crippen molar-refractivity contribution in [2.75, 3.05) is 13.2 Å². The predicted molar refractivity (Wildman–Crippen MR) is 109 cm³/mol. The quantitative estimate of drug-likeness (QED) is 0.570. The van der Waals surface area contributed by atoms with Crippen LogP contribution in [-0.4, -0.2) is 36.0 Å². The van der Waals surface area contributed by atoms with Crippen molar-refractivity contribution in [3.63, 3.8) is 0 Å². The molecule has 0 saturated heterocycles. The summed E-state index contributed by atoms with van der Waals surface area (Å²) in [6, 6.07) is 14.4. The molecule has 0 fully saturated rings. The van der Waals surface area contributed by atoms with E-state index in [-0.39, 0.29) is 30.9 Å². The average Bonchev–Trinajstić information content (AvgIpc) is 2.67. The third-order valence-corrected chi connectivity index (χ3v) is 4.27. The number of carboxylic acid groups (broad SMARTS) is 1. The summed E-state index contributed by atoms with van der Waals surface area (Å²) in [7, 11) is 0. The Morgan fingerprint density at radius 1 is 1.03 bits per heavy atom. The molecule has 1 unspecified atom stereocenters. The van der Waals surface area contributed by atoms with Gasteiger partial charge in [-0.3, -0.25) is 9.59 Å². The number of carbonyl (C=O) groups excluding carboxylic acids is 2. The maximum absolute atomic E-state index is 12.3. The number of nitrogens with one attached hydrogen (secondary N) is 2. The van der Waals surface area contributed by atoms with E-state index in [4.69, 9.17) is 9.84 Å². The van der Waals surface area contributed by atoms with Crippen LogP contribution in [0.4, 0.5) is 0 Å². The van der Waals surface area contributed by atoms with Gasteiger partial charge in [-0.15, -0.1) is 0 Å². The zero-order valence-electron chi connectivity index (χ0n) is 16.6. The van der Waals surface area contributed by atoms with Crippen LogP contribution in [0.25, 0.3) is 0 Å². The summed E-state index contributed by atoms with van der Waals surface area (Å²) < 4.78 is 5.09. The Balaban J connectivity index is 1.83.